The van der Waals surface area contributed by atoms with Crippen LogP contribution in [0.2, 0.25) is 0 Å². The van der Waals surface area contributed by atoms with Gasteiger partial charge in [0.15, 0.2) is 0 Å². The van der Waals surface area contributed by atoms with Gasteiger partial charge in [-0.25, -0.2) is 9.97 Å². The molecule has 0 spiro atoms. The van der Waals surface area contributed by atoms with Crippen molar-refractivity contribution < 1.29 is 14.3 Å². The summed E-state index contributed by atoms with van der Waals surface area (Å²) in [7, 11) is 1.57. The van der Waals surface area contributed by atoms with E-state index in [4.69, 9.17) is 4.74 Å². The molecule has 7 heteroatoms. The zero-order valence-corrected chi connectivity index (χ0v) is 15.1. The highest BCUT2D eigenvalue weighted by Gasteiger charge is 2.30. The molecule has 2 N–H and O–H groups in total. The Morgan fingerprint density at radius 3 is 2.69 bits per heavy atom. The minimum absolute atomic E-state index is 0.117. The second-order valence-corrected chi connectivity index (χ2v) is 6.37. The Bertz CT molecular complexity index is 830. The SMILES string of the molecule is COc1ccc2c(c1)C(C(=O)NCCc1nc(C)cc(C)n1)CC(=O)N2. The fourth-order valence-corrected chi connectivity index (χ4v) is 3.13. The summed E-state index contributed by atoms with van der Waals surface area (Å²) in [4.78, 5) is 33.3. The molecule has 0 radical (unpaired) electrons. The van der Waals surface area contributed by atoms with Gasteiger partial charge in [-0.15, -0.1) is 0 Å². The normalized spacial score (nSPS) is 15.8. The highest BCUT2D eigenvalue weighted by Crippen LogP contribution is 2.34. The van der Waals surface area contributed by atoms with Crippen LogP contribution in [-0.2, 0) is 16.0 Å². The maximum absolute atomic E-state index is 12.7. The topological polar surface area (TPSA) is 93.2 Å². The molecule has 0 saturated heterocycles. The lowest BCUT2D eigenvalue weighted by atomic mass is 9.89. The van der Waals surface area contributed by atoms with E-state index in [1.165, 1.54) is 0 Å². The highest BCUT2D eigenvalue weighted by atomic mass is 16.5. The van der Waals surface area contributed by atoms with Crippen LogP contribution < -0.4 is 15.4 Å². The van der Waals surface area contributed by atoms with Crippen molar-refractivity contribution in [2.45, 2.75) is 32.6 Å². The lowest BCUT2D eigenvalue weighted by Gasteiger charge is -2.25. The molecule has 1 aromatic carbocycles. The maximum atomic E-state index is 12.7. The number of carbonyl (C=O) groups excluding carboxylic acids is 2. The van der Waals surface area contributed by atoms with E-state index in [0.29, 0.717) is 30.2 Å². The largest absolute Gasteiger partial charge is 0.497 e. The number of hydrogen-bond donors (Lipinski definition) is 2. The fourth-order valence-electron chi connectivity index (χ4n) is 3.13. The minimum Gasteiger partial charge on any atom is -0.497 e. The molecule has 1 aromatic heterocycles. The molecule has 2 amide bonds. The molecule has 0 aliphatic carbocycles. The Morgan fingerprint density at radius 2 is 2.00 bits per heavy atom. The summed E-state index contributed by atoms with van der Waals surface area (Å²) >= 11 is 0. The summed E-state index contributed by atoms with van der Waals surface area (Å²) in [6.07, 6.45) is 0.657. The van der Waals surface area contributed by atoms with Crippen molar-refractivity contribution in [2.75, 3.05) is 19.0 Å². The van der Waals surface area contributed by atoms with Crippen LogP contribution in [0.4, 0.5) is 5.69 Å². The molecule has 1 atom stereocenters. The molecule has 2 heterocycles. The van der Waals surface area contributed by atoms with Crippen LogP contribution in [0.1, 0.15) is 35.1 Å². The molecule has 1 aliphatic heterocycles. The van der Waals surface area contributed by atoms with Crippen LogP contribution in [0.15, 0.2) is 24.3 Å². The summed E-state index contributed by atoms with van der Waals surface area (Å²) in [5.41, 5.74) is 3.23. The molecule has 0 saturated carbocycles. The number of nitrogens with zero attached hydrogens (tertiary/aromatic N) is 2. The van der Waals surface area contributed by atoms with E-state index in [2.05, 4.69) is 20.6 Å². The number of hydrogen-bond acceptors (Lipinski definition) is 5. The number of nitrogens with one attached hydrogen (secondary N) is 2. The molecule has 0 bridgehead atoms. The van der Waals surface area contributed by atoms with Gasteiger partial charge in [-0.2, -0.15) is 0 Å². The van der Waals surface area contributed by atoms with Crippen LogP contribution in [-0.4, -0.2) is 35.4 Å². The van der Waals surface area contributed by atoms with Gasteiger partial charge in [0.1, 0.15) is 11.6 Å². The summed E-state index contributed by atoms with van der Waals surface area (Å²) in [6, 6.07) is 7.23. The monoisotopic (exact) mass is 354 g/mol. The van der Waals surface area contributed by atoms with Crippen LogP contribution in [0.3, 0.4) is 0 Å². The van der Waals surface area contributed by atoms with E-state index < -0.39 is 5.92 Å². The predicted octanol–water partition coefficient (Wildman–Crippen LogP) is 1.89. The third-order valence-corrected chi connectivity index (χ3v) is 4.29. The summed E-state index contributed by atoms with van der Waals surface area (Å²) in [5.74, 6) is 0.473. The molecular weight excluding hydrogens is 332 g/mol. The van der Waals surface area contributed by atoms with Crippen LogP contribution in [0, 0.1) is 13.8 Å². The van der Waals surface area contributed by atoms with Crippen LogP contribution in [0.5, 0.6) is 5.75 Å². The van der Waals surface area contributed by atoms with Crippen molar-refractivity contribution in [1.82, 2.24) is 15.3 Å². The van der Waals surface area contributed by atoms with Gasteiger partial charge < -0.3 is 15.4 Å². The van der Waals surface area contributed by atoms with E-state index >= 15 is 0 Å². The Kier molecular flexibility index (Phi) is 5.16. The van der Waals surface area contributed by atoms with Crippen molar-refractivity contribution in [3.8, 4) is 5.75 Å². The minimum atomic E-state index is -0.533. The quantitative estimate of drug-likeness (QED) is 0.855. The third-order valence-electron chi connectivity index (χ3n) is 4.29. The number of methoxy groups -OCH3 is 1. The first-order valence-corrected chi connectivity index (χ1v) is 8.53. The standard InChI is InChI=1S/C19H22N4O3/c1-11-8-12(2)22-17(21-11)6-7-20-19(25)15-10-18(24)23-16-5-4-13(26-3)9-14(15)16/h4-5,8-9,15H,6-7,10H2,1-3H3,(H,20,25)(H,23,24). The predicted molar refractivity (Wildman–Crippen MR) is 97.2 cm³/mol. The summed E-state index contributed by atoms with van der Waals surface area (Å²) in [6.45, 7) is 4.25. The number of amides is 2. The van der Waals surface area contributed by atoms with Crippen molar-refractivity contribution in [1.29, 1.82) is 0 Å². The zero-order valence-electron chi connectivity index (χ0n) is 15.1. The van der Waals surface area contributed by atoms with E-state index in [0.717, 1.165) is 17.0 Å². The van der Waals surface area contributed by atoms with Gasteiger partial charge in [0.05, 0.1) is 13.0 Å². The van der Waals surface area contributed by atoms with Gasteiger partial charge in [0.2, 0.25) is 11.8 Å². The number of fused-ring (bicyclic) bond motifs is 1. The van der Waals surface area contributed by atoms with Gasteiger partial charge in [0, 0.05) is 36.5 Å². The molecule has 1 unspecified atom stereocenters. The van der Waals surface area contributed by atoms with Crippen molar-refractivity contribution in [3.05, 3.63) is 47.0 Å². The highest BCUT2D eigenvalue weighted by molar-refractivity contribution is 6.01. The number of rotatable bonds is 5. The smallest absolute Gasteiger partial charge is 0.228 e. The lowest BCUT2D eigenvalue weighted by Crippen LogP contribution is -2.36. The average Bonchev–Trinajstić information content (AvgIpc) is 2.59. The van der Waals surface area contributed by atoms with Gasteiger partial charge in [-0.05, 0) is 43.7 Å². The molecule has 0 fully saturated rings. The second-order valence-electron chi connectivity index (χ2n) is 6.37. The van der Waals surface area contributed by atoms with Gasteiger partial charge in [0.25, 0.3) is 0 Å². The number of aromatic nitrogens is 2. The summed E-state index contributed by atoms with van der Waals surface area (Å²) in [5, 5.41) is 5.69. The zero-order chi connectivity index (χ0) is 18.7. The molecule has 3 rings (SSSR count). The van der Waals surface area contributed by atoms with E-state index in [9.17, 15) is 9.59 Å². The van der Waals surface area contributed by atoms with E-state index in [-0.39, 0.29) is 18.2 Å². The molecule has 1 aliphatic rings. The molecular formula is C19H22N4O3. The number of anilines is 1. The van der Waals surface area contributed by atoms with Crippen molar-refractivity contribution in [3.63, 3.8) is 0 Å². The van der Waals surface area contributed by atoms with Crippen molar-refractivity contribution >= 4 is 17.5 Å². The van der Waals surface area contributed by atoms with Crippen molar-refractivity contribution in [2.24, 2.45) is 0 Å². The summed E-state index contributed by atoms with van der Waals surface area (Å²) < 4.78 is 5.24. The molecule has 2 aromatic rings. The third kappa shape index (κ3) is 3.99. The first kappa shape index (κ1) is 17.8. The Labute approximate surface area is 152 Å². The molecule has 136 valence electrons. The Hall–Kier alpha value is -2.96. The molecule has 7 nitrogen and oxygen atoms in total. The van der Waals surface area contributed by atoms with Crippen LogP contribution >= 0.6 is 0 Å². The van der Waals surface area contributed by atoms with Gasteiger partial charge in [-0.1, -0.05) is 0 Å². The molecule has 26 heavy (non-hydrogen) atoms. The number of benzene rings is 1. The van der Waals surface area contributed by atoms with Crippen LogP contribution in [0.25, 0.3) is 0 Å². The van der Waals surface area contributed by atoms with E-state index in [1.807, 2.05) is 19.9 Å². The number of ether oxygens (including phenoxy) is 1. The first-order valence-electron chi connectivity index (χ1n) is 8.53. The Balaban J connectivity index is 1.69. The second kappa shape index (κ2) is 7.51. The number of aryl methyl sites for hydroxylation is 2. The maximum Gasteiger partial charge on any atom is 0.228 e. The average molecular weight is 354 g/mol. The first-order chi connectivity index (χ1) is 12.5. The Morgan fingerprint density at radius 1 is 1.27 bits per heavy atom. The number of carbonyl (C=O) groups is 2. The lowest BCUT2D eigenvalue weighted by molar-refractivity contribution is -0.126. The van der Waals surface area contributed by atoms with Gasteiger partial charge in [-0.3, -0.25) is 9.59 Å². The van der Waals surface area contributed by atoms with Gasteiger partial charge >= 0.3 is 0 Å². The van der Waals surface area contributed by atoms with E-state index in [1.54, 1.807) is 25.3 Å². The fraction of sp³-hybridized carbons (Fsp3) is 0.368.